The number of benzene rings is 1. The number of nitrogens with zero attached hydrogens (tertiary/aromatic N) is 2. The lowest BCUT2D eigenvalue weighted by atomic mass is 9.95. The van der Waals surface area contributed by atoms with Gasteiger partial charge in [-0.1, -0.05) is 12.7 Å². The average molecular weight is 509 g/mol. The number of piperidine rings is 1. The van der Waals surface area contributed by atoms with E-state index in [4.69, 9.17) is 9.84 Å². The van der Waals surface area contributed by atoms with Crippen LogP contribution in [0.5, 0.6) is 0 Å². The summed E-state index contributed by atoms with van der Waals surface area (Å²) in [5.74, 6) is -0.947. The summed E-state index contributed by atoms with van der Waals surface area (Å²) in [7, 11) is 1.29. The number of allylic oxidation sites excluding steroid dienone is 2. The molecule has 10 heteroatoms. The summed E-state index contributed by atoms with van der Waals surface area (Å²) in [4.78, 5) is 27.1. The Hall–Kier alpha value is -3.27. The van der Waals surface area contributed by atoms with Gasteiger partial charge < -0.3 is 14.6 Å². The fourth-order valence-electron chi connectivity index (χ4n) is 4.12. The number of carboxylic acid groups (broad SMARTS) is 1. The molecule has 2 aliphatic rings. The number of methoxy groups -OCH3 is 1. The Bertz CT molecular complexity index is 992. The molecule has 0 spiro atoms. The van der Waals surface area contributed by atoms with E-state index in [1.165, 1.54) is 36.3 Å². The summed E-state index contributed by atoms with van der Waals surface area (Å²) in [5.41, 5.74) is 1.31. The molecule has 1 aromatic carbocycles. The molecule has 196 valence electrons. The zero-order chi connectivity index (χ0) is 26.3. The molecular weight excluding hydrogens is 477 g/mol. The lowest BCUT2D eigenvalue weighted by molar-refractivity contribution is -0.303. The largest absolute Gasteiger partial charge is 0.573 e. The Labute approximate surface area is 208 Å². The highest BCUT2D eigenvalue weighted by molar-refractivity contribution is 5.90. The minimum absolute atomic E-state index is 0.124. The van der Waals surface area contributed by atoms with Crippen LogP contribution in [0.1, 0.15) is 36.0 Å². The fraction of sp³-hybridized carbons (Fsp3) is 0.462. The van der Waals surface area contributed by atoms with Crippen LogP contribution in [0.2, 0.25) is 0 Å². The number of halogens is 3. The van der Waals surface area contributed by atoms with Crippen molar-refractivity contribution in [2.45, 2.75) is 32.0 Å². The topological polar surface area (TPSA) is 79.3 Å². The number of amides is 1. The number of carboxylic acids is 1. The normalized spacial score (nSPS) is 18.0. The maximum absolute atomic E-state index is 12.8. The predicted octanol–water partition coefficient (Wildman–Crippen LogP) is 5.61. The lowest BCUT2D eigenvalue weighted by Crippen LogP contribution is -2.41. The maximum Gasteiger partial charge on any atom is 0.573 e. The molecule has 1 saturated heterocycles. The standard InChI is InChI=1S/C26H31F3N2O5/c1-3-18(14-23(15-19-4-5-19)36-26(27,28)29)16-30-12-10-20(11-13-30)17-31(25(34)35-2)22-8-6-21(7-9-22)24(32)33/h3,6-9,14-15,19-20H,1,4-5,10-13,16-17H2,2H3,(H,32,33)/b18-14+,23-15-. The van der Waals surface area contributed by atoms with Crippen molar-refractivity contribution >= 4 is 17.7 Å². The molecule has 0 radical (unpaired) electrons. The maximum atomic E-state index is 12.8. The molecule has 0 atom stereocenters. The summed E-state index contributed by atoms with van der Waals surface area (Å²) in [6.07, 6.45) is 2.47. The van der Waals surface area contributed by atoms with E-state index in [0.717, 1.165) is 25.7 Å². The monoisotopic (exact) mass is 508 g/mol. The third-order valence-corrected chi connectivity index (χ3v) is 6.22. The molecule has 1 aliphatic heterocycles. The molecule has 0 aromatic heterocycles. The van der Waals surface area contributed by atoms with Gasteiger partial charge in [0.1, 0.15) is 5.76 Å². The lowest BCUT2D eigenvalue weighted by Gasteiger charge is -2.34. The second kappa shape index (κ2) is 12.1. The molecule has 1 amide bonds. The Morgan fingerprint density at radius 3 is 2.31 bits per heavy atom. The third-order valence-electron chi connectivity index (χ3n) is 6.22. The molecule has 1 N–H and O–H groups in total. The highest BCUT2D eigenvalue weighted by Gasteiger charge is 2.33. The number of hydrogen-bond donors (Lipinski definition) is 1. The molecule has 1 aliphatic carbocycles. The smallest absolute Gasteiger partial charge is 0.478 e. The number of anilines is 1. The molecule has 1 saturated carbocycles. The number of alkyl halides is 3. The molecule has 0 bridgehead atoms. The van der Waals surface area contributed by atoms with Crippen molar-refractivity contribution in [3.8, 4) is 0 Å². The number of hydrogen-bond acceptors (Lipinski definition) is 5. The van der Waals surface area contributed by atoms with Gasteiger partial charge in [-0.25, -0.2) is 9.59 Å². The molecule has 3 rings (SSSR count). The van der Waals surface area contributed by atoms with Crippen LogP contribution >= 0.6 is 0 Å². The SMILES string of the molecule is C=C/C(=C\C(=C\C1CC1)OC(F)(F)F)CN1CCC(CN(C(=O)OC)c2ccc(C(=O)O)cc2)CC1. The fourth-order valence-corrected chi connectivity index (χ4v) is 4.12. The number of carbonyl (C=O) groups is 2. The van der Waals surface area contributed by atoms with Crippen molar-refractivity contribution in [2.24, 2.45) is 11.8 Å². The summed E-state index contributed by atoms with van der Waals surface area (Å²) in [6, 6.07) is 6.03. The first-order valence-electron chi connectivity index (χ1n) is 11.8. The van der Waals surface area contributed by atoms with E-state index in [2.05, 4.69) is 16.2 Å². The van der Waals surface area contributed by atoms with E-state index in [1.807, 2.05) is 0 Å². The van der Waals surface area contributed by atoms with Crippen molar-refractivity contribution in [3.63, 3.8) is 0 Å². The van der Waals surface area contributed by atoms with Gasteiger partial charge in [-0.3, -0.25) is 9.80 Å². The number of aromatic carboxylic acids is 1. The first kappa shape index (κ1) is 27.3. The van der Waals surface area contributed by atoms with Gasteiger partial charge in [0.05, 0.1) is 12.7 Å². The summed E-state index contributed by atoms with van der Waals surface area (Å²) in [5, 5.41) is 9.09. The van der Waals surface area contributed by atoms with Crippen molar-refractivity contribution in [2.75, 3.05) is 38.2 Å². The minimum atomic E-state index is -4.75. The molecule has 2 fully saturated rings. The summed E-state index contributed by atoms with van der Waals surface area (Å²) in [6.45, 7) is 6.00. The Morgan fingerprint density at radius 1 is 1.17 bits per heavy atom. The second-order valence-corrected chi connectivity index (χ2v) is 9.03. The second-order valence-electron chi connectivity index (χ2n) is 9.03. The molecule has 7 nitrogen and oxygen atoms in total. The quantitative estimate of drug-likeness (QED) is 0.327. The Kier molecular flexibility index (Phi) is 9.19. The van der Waals surface area contributed by atoms with Crippen LogP contribution in [-0.4, -0.2) is 61.7 Å². The predicted molar refractivity (Wildman–Crippen MR) is 129 cm³/mol. The number of rotatable bonds is 10. The van der Waals surface area contributed by atoms with Crippen LogP contribution in [0.4, 0.5) is 23.7 Å². The van der Waals surface area contributed by atoms with Gasteiger partial charge in [-0.05, 0) is 92.6 Å². The third kappa shape index (κ3) is 8.44. The minimum Gasteiger partial charge on any atom is -0.478 e. The molecule has 1 aromatic rings. The van der Waals surface area contributed by atoms with E-state index in [-0.39, 0.29) is 23.2 Å². The first-order valence-corrected chi connectivity index (χ1v) is 11.8. The summed E-state index contributed by atoms with van der Waals surface area (Å²) >= 11 is 0. The van der Waals surface area contributed by atoms with Gasteiger partial charge in [-0.2, -0.15) is 0 Å². The molecule has 1 heterocycles. The van der Waals surface area contributed by atoms with Gasteiger partial charge >= 0.3 is 18.4 Å². The zero-order valence-corrected chi connectivity index (χ0v) is 20.2. The molecule has 36 heavy (non-hydrogen) atoms. The first-order chi connectivity index (χ1) is 17.1. The number of ether oxygens (including phenoxy) is 2. The highest BCUT2D eigenvalue weighted by atomic mass is 19.4. The average Bonchev–Trinajstić information content (AvgIpc) is 3.65. The van der Waals surface area contributed by atoms with Crippen LogP contribution in [-0.2, 0) is 9.47 Å². The van der Waals surface area contributed by atoms with Gasteiger partial charge in [0.2, 0.25) is 0 Å². The highest BCUT2D eigenvalue weighted by Crippen LogP contribution is 2.34. The Balaban J connectivity index is 1.59. The van der Waals surface area contributed by atoms with Gasteiger partial charge in [0.25, 0.3) is 0 Å². The number of carbonyl (C=O) groups excluding carboxylic acids is 1. The van der Waals surface area contributed by atoms with Gasteiger partial charge in [0.15, 0.2) is 0 Å². The summed E-state index contributed by atoms with van der Waals surface area (Å²) < 4.78 is 47.5. The van der Waals surface area contributed by atoms with Crippen LogP contribution in [0, 0.1) is 11.8 Å². The van der Waals surface area contributed by atoms with Gasteiger partial charge in [0, 0.05) is 18.8 Å². The molecule has 0 unspecified atom stereocenters. The van der Waals surface area contributed by atoms with E-state index in [0.29, 0.717) is 37.4 Å². The molecular formula is C26H31F3N2O5. The van der Waals surface area contributed by atoms with Crippen molar-refractivity contribution < 1.29 is 37.3 Å². The van der Waals surface area contributed by atoms with E-state index < -0.39 is 18.4 Å². The van der Waals surface area contributed by atoms with Crippen molar-refractivity contribution in [1.82, 2.24) is 4.90 Å². The Morgan fingerprint density at radius 2 is 1.81 bits per heavy atom. The van der Waals surface area contributed by atoms with Crippen LogP contribution in [0.25, 0.3) is 0 Å². The zero-order valence-electron chi connectivity index (χ0n) is 20.2. The van der Waals surface area contributed by atoms with Gasteiger partial charge in [-0.15, -0.1) is 13.2 Å². The van der Waals surface area contributed by atoms with Crippen LogP contribution < -0.4 is 4.90 Å². The van der Waals surface area contributed by atoms with E-state index in [9.17, 15) is 22.8 Å². The van der Waals surface area contributed by atoms with E-state index >= 15 is 0 Å². The number of likely N-dealkylation sites (tertiary alicyclic amines) is 1. The van der Waals surface area contributed by atoms with Crippen molar-refractivity contribution in [3.05, 3.63) is 66.0 Å². The van der Waals surface area contributed by atoms with Crippen molar-refractivity contribution in [1.29, 1.82) is 0 Å². The van der Waals surface area contributed by atoms with E-state index in [1.54, 1.807) is 18.2 Å². The van der Waals surface area contributed by atoms with Crippen LogP contribution in [0.3, 0.4) is 0 Å². The van der Waals surface area contributed by atoms with Crippen LogP contribution in [0.15, 0.2) is 60.4 Å².